The molecule has 0 saturated carbocycles. The third-order valence-corrected chi connectivity index (χ3v) is 4.85. The van der Waals surface area contributed by atoms with E-state index >= 15 is 0 Å². The molecule has 1 aromatic carbocycles. The van der Waals surface area contributed by atoms with E-state index in [4.69, 9.17) is 9.47 Å². The second kappa shape index (κ2) is 6.03. The fourth-order valence-electron chi connectivity index (χ4n) is 3.50. The molecule has 2 heterocycles. The van der Waals surface area contributed by atoms with Crippen molar-refractivity contribution in [1.29, 1.82) is 0 Å². The van der Waals surface area contributed by atoms with Crippen LogP contribution in [0.25, 0.3) is 5.57 Å². The Kier molecular flexibility index (Phi) is 3.86. The van der Waals surface area contributed by atoms with E-state index in [2.05, 4.69) is 11.4 Å². The van der Waals surface area contributed by atoms with E-state index in [0.717, 1.165) is 30.5 Å². The number of rotatable bonds is 2. The van der Waals surface area contributed by atoms with Crippen LogP contribution in [0.2, 0.25) is 0 Å². The molecule has 3 aliphatic rings. The molecule has 2 fully saturated rings. The van der Waals surface area contributed by atoms with Gasteiger partial charge in [-0.3, -0.25) is 15.0 Å². The van der Waals surface area contributed by atoms with Gasteiger partial charge in [-0.15, -0.1) is 0 Å². The smallest absolute Gasteiger partial charge is 0.328 e. The number of imide groups is 1. The topological polar surface area (TPSA) is 67.9 Å². The van der Waals surface area contributed by atoms with E-state index in [1.807, 2.05) is 24.3 Å². The second-order valence-electron chi connectivity index (χ2n) is 6.34. The van der Waals surface area contributed by atoms with E-state index in [1.165, 1.54) is 5.57 Å². The highest BCUT2D eigenvalue weighted by atomic mass is 16.7. The van der Waals surface area contributed by atoms with Gasteiger partial charge >= 0.3 is 6.03 Å². The Balaban J connectivity index is 1.47. The van der Waals surface area contributed by atoms with Gasteiger partial charge in [0.2, 0.25) is 5.91 Å². The van der Waals surface area contributed by atoms with Gasteiger partial charge in [0, 0.05) is 31.5 Å². The van der Waals surface area contributed by atoms with Gasteiger partial charge in [0.1, 0.15) is 0 Å². The van der Waals surface area contributed by atoms with Crippen LogP contribution in [-0.2, 0) is 14.3 Å². The van der Waals surface area contributed by atoms with Crippen molar-refractivity contribution in [3.05, 3.63) is 35.9 Å². The molecule has 3 amide bonds. The second-order valence-corrected chi connectivity index (χ2v) is 6.34. The molecule has 126 valence electrons. The van der Waals surface area contributed by atoms with Crippen molar-refractivity contribution in [2.24, 2.45) is 0 Å². The Morgan fingerprint density at radius 3 is 2.42 bits per heavy atom. The summed E-state index contributed by atoms with van der Waals surface area (Å²) in [6.07, 6.45) is 5.09. The van der Waals surface area contributed by atoms with Gasteiger partial charge in [0.05, 0.1) is 13.2 Å². The number of carbonyl (C=O) groups excluding carboxylic acids is 2. The van der Waals surface area contributed by atoms with Crippen molar-refractivity contribution in [1.82, 2.24) is 5.32 Å². The largest absolute Gasteiger partial charge is 0.347 e. The number of allylic oxidation sites excluding steroid dienone is 1. The highest BCUT2D eigenvalue weighted by Crippen LogP contribution is 2.38. The number of amides is 3. The monoisotopic (exact) mass is 328 g/mol. The van der Waals surface area contributed by atoms with Gasteiger partial charge in [-0.25, -0.2) is 4.79 Å². The zero-order valence-corrected chi connectivity index (χ0v) is 13.4. The highest BCUT2D eigenvalue weighted by Gasteiger charge is 2.37. The summed E-state index contributed by atoms with van der Waals surface area (Å²) in [5.74, 6) is -0.618. The van der Waals surface area contributed by atoms with Gasteiger partial charge < -0.3 is 9.47 Å². The summed E-state index contributed by atoms with van der Waals surface area (Å²) in [6.45, 7) is 1.78. The van der Waals surface area contributed by atoms with Crippen LogP contribution in [0.4, 0.5) is 10.5 Å². The first-order chi connectivity index (χ1) is 11.7. The third kappa shape index (κ3) is 2.83. The van der Waals surface area contributed by atoms with Crippen LogP contribution < -0.4 is 10.2 Å². The Morgan fingerprint density at radius 1 is 1.04 bits per heavy atom. The van der Waals surface area contributed by atoms with Crippen molar-refractivity contribution in [2.75, 3.05) is 24.7 Å². The molecule has 4 rings (SSSR count). The number of nitrogens with one attached hydrogen (secondary N) is 1. The molecule has 1 N–H and O–H groups in total. The third-order valence-electron chi connectivity index (χ3n) is 4.85. The number of urea groups is 1. The van der Waals surface area contributed by atoms with Gasteiger partial charge in [-0.2, -0.15) is 0 Å². The molecular weight excluding hydrogens is 308 g/mol. The number of hydrogen-bond donors (Lipinski definition) is 1. The van der Waals surface area contributed by atoms with Crippen LogP contribution in [0.5, 0.6) is 0 Å². The molecule has 6 heteroatoms. The molecule has 0 radical (unpaired) electrons. The molecular formula is C18H20N2O4. The lowest BCUT2D eigenvalue weighted by Gasteiger charge is -2.31. The molecule has 1 aromatic rings. The zero-order valence-electron chi connectivity index (χ0n) is 13.4. The molecule has 2 aliphatic heterocycles. The summed E-state index contributed by atoms with van der Waals surface area (Å²) >= 11 is 0. The van der Waals surface area contributed by atoms with Gasteiger partial charge in [-0.05, 0) is 29.7 Å². The van der Waals surface area contributed by atoms with Crippen molar-refractivity contribution < 1.29 is 19.1 Å². The zero-order chi connectivity index (χ0) is 16.6. The molecule has 0 unspecified atom stereocenters. The van der Waals surface area contributed by atoms with Crippen molar-refractivity contribution >= 4 is 23.2 Å². The Labute approximate surface area is 140 Å². The predicted octanol–water partition coefficient (Wildman–Crippen LogP) is 2.44. The van der Waals surface area contributed by atoms with E-state index in [0.29, 0.717) is 26.2 Å². The fraction of sp³-hybridized carbons (Fsp3) is 0.444. The minimum absolute atomic E-state index is 0.217. The number of ether oxygens (including phenoxy) is 2. The molecule has 24 heavy (non-hydrogen) atoms. The minimum Gasteiger partial charge on any atom is -0.347 e. The molecule has 1 spiro atoms. The molecule has 6 nitrogen and oxygen atoms in total. The standard InChI is InChI=1S/C18H20N2O4/c21-16-7-10-20(17(22)19-16)15-3-1-13(2-4-15)14-5-8-18(9-6-14)23-11-12-24-18/h1-5H,6-12H2,(H,19,21,22). The maximum Gasteiger partial charge on any atom is 0.328 e. The average molecular weight is 328 g/mol. The average Bonchev–Trinajstić information content (AvgIpc) is 3.04. The first-order valence-corrected chi connectivity index (χ1v) is 8.34. The lowest BCUT2D eigenvalue weighted by Crippen LogP contribution is -2.49. The van der Waals surface area contributed by atoms with Crippen LogP contribution in [0, 0.1) is 0 Å². The summed E-state index contributed by atoms with van der Waals surface area (Å²) in [4.78, 5) is 24.7. The molecule has 0 bridgehead atoms. The van der Waals surface area contributed by atoms with Crippen LogP contribution >= 0.6 is 0 Å². The number of hydrogen-bond acceptors (Lipinski definition) is 4. The van der Waals surface area contributed by atoms with Crippen LogP contribution in [0.1, 0.15) is 31.2 Å². The lowest BCUT2D eigenvalue weighted by atomic mass is 9.90. The molecule has 2 saturated heterocycles. The van der Waals surface area contributed by atoms with E-state index in [9.17, 15) is 9.59 Å². The van der Waals surface area contributed by atoms with Gasteiger partial charge in [0.15, 0.2) is 5.79 Å². The summed E-state index contributed by atoms with van der Waals surface area (Å²) in [5.41, 5.74) is 3.24. The van der Waals surface area contributed by atoms with Crippen LogP contribution in [0.15, 0.2) is 30.3 Å². The van der Waals surface area contributed by atoms with E-state index < -0.39 is 5.79 Å². The number of benzene rings is 1. The highest BCUT2D eigenvalue weighted by molar-refractivity contribution is 6.05. The van der Waals surface area contributed by atoms with Gasteiger partial charge in [0.25, 0.3) is 0 Å². The predicted molar refractivity (Wildman–Crippen MR) is 88.4 cm³/mol. The van der Waals surface area contributed by atoms with Gasteiger partial charge in [-0.1, -0.05) is 18.2 Å². The van der Waals surface area contributed by atoms with Crippen LogP contribution in [-0.4, -0.2) is 37.5 Å². The summed E-state index contributed by atoms with van der Waals surface area (Å²) in [7, 11) is 0. The quantitative estimate of drug-likeness (QED) is 0.905. The Morgan fingerprint density at radius 2 is 1.79 bits per heavy atom. The summed E-state index contributed by atoms with van der Waals surface area (Å²) in [5, 5.41) is 2.34. The number of anilines is 1. The Hall–Kier alpha value is -2.18. The number of carbonyl (C=O) groups is 2. The van der Waals surface area contributed by atoms with Crippen molar-refractivity contribution in [2.45, 2.75) is 31.5 Å². The normalized spacial score (nSPS) is 23.3. The maximum atomic E-state index is 11.9. The SMILES string of the molecule is O=C1CCN(c2ccc(C3=CCC4(CC3)OCCO4)cc2)C(=O)N1. The fourth-order valence-corrected chi connectivity index (χ4v) is 3.50. The Bertz CT molecular complexity index is 689. The lowest BCUT2D eigenvalue weighted by molar-refractivity contribution is -0.159. The van der Waals surface area contributed by atoms with Crippen molar-refractivity contribution in [3.63, 3.8) is 0 Å². The molecule has 1 aliphatic carbocycles. The maximum absolute atomic E-state index is 11.9. The first kappa shape index (κ1) is 15.4. The molecule has 0 atom stereocenters. The summed E-state index contributed by atoms with van der Waals surface area (Å²) < 4.78 is 11.5. The first-order valence-electron chi connectivity index (χ1n) is 8.34. The van der Waals surface area contributed by atoms with E-state index in [-0.39, 0.29) is 11.9 Å². The minimum atomic E-state index is -0.401. The number of nitrogens with zero attached hydrogens (tertiary/aromatic N) is 1. The molecule has 0 aromatic heterocycles. The van der Waals surface area contributed by atoms with E-state index in [1.54, 1.807) is 4.90 Å². The van der Waals surface area contributed by atoms with Crippen molar-refractivity contribution in [3.8, 4) is 0 Å². The summed E-state index contributed by atoms with van der Waals surface area (Å²) in [6, 6.07) is 7.56. The van der Waals surface area contributed by atoms with Crippen LogP contribution in [0.3, 0.4) is 0 Å².